The van der Waals surface area contributed by atoms with Gasteiger partial charge in [-0.15, -0.1) is 0 Å². The van der Waals surface area contributed by atoms with E-state index in [0.717, 1.165) is 6.08 Å². The molecule has 0 radical (unpaired) electrons. The van der Waals surface area contributed by atoms with E-state index < -0.39 is 148 Å². The van der Waals surface area contributed by atoms with E-state index in [1.54, 1.807) is 0 Å². The molecule has 0 unspecified atom stereocenters. The van der Waals surface area contributed by atoms with E-state index in [-0.39, 0.29) is 30.3 Å². The molecular formula is C41H56O24. The first-order valence-electron chi connectivity index (χ1n) is 20.5. The summed E-state index contributed by atoms with van der Waals surface area (Å²) in [4.78, 5) is 13.7. The fourth-order valence-electron chi connectivity index (χ4n) is 7.48. The van der Waals surface area contributed by atoms with Crippen molar-refractivity contribution in [3.63, 3.8) is 0 Å². The number of carbonyl (C=O) groups excluding carboxylic acids is 1. The number of phenols is 3. The maximum Gasteiger partial charge on any atom is 0.331 e. The van der Waals surface area contributed by atoms with E-state index in [4.69, 9.17) is 47.4 Å². The van der Waals surface area contributed by atoms with Crippen LogP contribution in [0.25, 0.3) is 6.08 Å². The molecule has 4 aliphatic heterocycles. The minimum Gasteiger partial charge on any atom is -0.504 e. The molecule has 0 aliphatic carbocycles. The third-order valence-electron chi connectivity index (χ3n) is 11.3. The summed E-state index contributed by atoms with van der Waals surface area (Å²) in [6.45, 7) is -0.924. The van der Waals surface area contributed by atoms with Crippen molar-refractivity contribution in [1.82, 2.24) is 0 Å². The molecule has 0 spiro atoms. The fraction of sp³-hybridized carbons (Fsp3) is 0.634. The molecule has 4 saturated heterocycles. The normalized spacial score (nSPS) is 39.0. The number of aromatic hydroxyl groups is 3. The van der Waals surface area contributed by atoms with Crippen LogP contribution in [0, 0.1) is 0 Å². The summed E-state index contributed by atoms with van der Waals surface area (Å²) in [5, 5.41) is 136. The standard InChI is InChI=1S/C41H56O24/c1-16-27(48)31(52)37(65-39-32(53)28(49)22(46)14-58-39)41(60-16)64-36-34(55)40(57-10-9-18-3-6-19(43)21(45)11-18)62-25(15-59-38-33(54)30(51)29(50)24(13-42)61-38)35(36)63-26(47)8-5-17-4-7-20(44)23(12-17)56-2/h3-8,11-12,16,22,24-25,27-46,48-55H,9-10,13-15H2,1-2H3/b8-5-/t16-,22-,24-,25-,27-,28+,29+,30-,31+,32-,33+,34-,35-,36-,37+,38+,39-,40-,41+/m0/s1. The van der Waals surface area contributed by atoms with Gasteiger partial charge in [0.25, 0.3) is 0 Å². The second kappa shape index (κ2) is 22.3. The first-order chi connectivity index (χ1) is 30.9. The molecule has 0 saturated carbocycles. The predicted molar refractivity (Wildman–Crippen MR) is 211 cm³/mol. The number of rotatable bonds is 16. The molecule has 4 fully saturated rings. The van der Waals surface area contributed by atoms with Crippen LogP contribution in [0.2, 0.25) is 0 Å². The van der Waals surface area contributed by atoms with Crippen LogP contribution in [0.5, 0.6) is 23.0 Å². The fourth-order valence-corrected chi connectivity index (χ4v) is 7.48. The first-order valence-corrected chi connectivity index (χ1v) is 20.5. The number of esters is 1. The Labute approximate surface area is 370 Å². The highest BCUT2D eigenvalue weighted by atomic mass is 16.8. The van der Waals surface area contributed by atoms with Crippen LogP contribution in [-0.4, -0.2) is 223 Å². The zero-order chi connectivity index (χ0) is 47.3. The molecule has 0 amide bonds. The summed E-state index contributed by atoms with van der Waals surface area (Å²) in [5.74, 6) is -1.99. The van der Waals surface area contributed by atoms with Gasteiger partial charge in [-0.1, -0.05) is 12.1 Å². The summed E-state index contributed by atoms with van der Waals surface area (Å²) in [6, 6.07) is 8.17. The number of phenolic OH excluding ortho intramolecular Hbond substituents is 3. The highest BCUT2D eigenvalue weighted by Gasteiger charge is 2.55. The number of hydrogen-bond donors (Lipinski definition) is 13. The van der Waals surface area contributed by atoms with Gasteiger partial charge in [-0.25, -0.2) is 4.79 Å². The van der Waals surface area contributed by atoms with E-state index in [2.05, 4.69) is 0 Å². The molecule has 24 nitrogen and oxygen atoms in total. The predicted octanol–water partition coefficient (Wildman–Crippen LogP) is -4.43. The summed E-state index contributed by atoms with van der Waals surface area (Å²) in [7, 11) is 1.32. The Kier molecular flexibility index (Phi) is 17.3. The molecule has 2 aromatic rings. The van der Waals surface area contributed by atoms with Gasteiger partial charge in [-0.3, -0.25) is 0 Å². The zero-order valence-electron chi connectivity index (χ0n) is 34.9. The van der Waals surface area contributed by atoms with Crippen LogP contribution < -0.4 is 4.74 Å². The molecule has 364 valence electrons. The van der Waals surface area contributed by atoms with Crippen molar-refractivity contribution in [2.75, 3.05) is 33.5 Å². The third-order valence-corrected chi connectivity index (χ3v) is 11.3. The van der Waals surface area contributed by atoms with Crippen molar-refractivity contribution in [2.45, 2.75) is 130 Å². The molecular weight excluding hydrogens is 876 g/mol. The molecule has 0 aromatic heterocycles. The first kappa shape index (κ1) is 50.5. The number of aliphatic hydroxyl groups is 10. The second-order valence-corrected chi connectivity index (χ2v) is 15.8. The van der Waals surface area contributed by atoms with Crippen LogP contribution in [0.4, 0.5) is 0 Å². The van der Waals surface area contributed by atoms with Crippen molar-refractivity contribution in [1.29, 1.82) is 0 Å². The van der Waals surface area contributed by atoms with Crippen molar-refractivity contribution in [3.8, 4) is 23.0 Å². The molecule has 0 bridgehead atoms. The third kappa shape index (κ3) is 11.8. The van der Waals surface area contributed by atoms with Crippen molar-refractivity contribution >= 4 is 12.0 Å². The van der Waals surface area contributed by atoms with Gasteiger partial charge in [-0.05, 0) is 54.8 Å². The lowest BCUT2D eigenvalue weighted by Crippen LogP contribution is -2.66. The lowest BCUT2D eigenvalue weighted by molar-refractivity contribution is -0.383. The van der Waals surface area contributed by atoms with Crippen molar-refractivity contribution < 1.29 is 119 Å². The molecule has 4 heterocycles. The zero-order valence-corrected chi connectivity index (χ0v) is 34.9. The topological polar surface area (TPSA) is 372 Å². The van der Waals surface area contributed by atoms with Crippen LogP contribution in [0.1, 0.15) is 18.1 Å². The van der Waals surface area contributed by atoms with Crippen LogP contribution >= 0.6 is 0 Å². The largest absolute Gasteiger partial charge is 0.504 e. The average molecular weight is 933 g/mol. The smallest absolute Gasteiger partial charge is 0.331 e. The lowest BCUT2D eigenvalue weighted by Gasteiger charge is -2.48. The number of benzene rings is 2. The van der Waals surface area contributed by atoms with E-state index in [9.17, 15) is 71.2 Å². The van der Waals surface area contributed by atoms with Gasteiger partial charge in [0, 0.05) is 6.08 Å². The number of carbonyl (C=O) groups is 1. The Morgan fingerprint density at radius 1 is 0.677 bits per heavy atom. The Bertz CT molecular complexity index is 1880. The molecule has 65 heavy (non-hydrogen) atoms. The molecule has 24 heteroatoms. The number of hydrogen-bond acceptors (Lipinski definition) is 24. The minimum atomic E-state index is -1.95. The van der Waals surface area contributed by atoms with Crippen LogP contribution in [0.3, 0.4) is 0 Å². The van der Waals surface area contributed by atoms with Gasteiger partial charge in [0.2, 0.25) is 0 Å². The van der Waals surface area contributed by atoms with Crippen molar-refractivity contribution in [3.05, 3.63) is 53.6 Å². The molecule has 6 rings (SSSR count). The van der Waals surface area contributed by atoms with E-state index in [1.165, 1.54) is 56.5 Å². The van der Waals surface area contributed by atoms with Gasteiger partial charge in [-0.2, -0.15) is 0 Å². The summed E-state index contributed by atoms with van der Waals surface area (Å²) in [6.07, 6.45) is -30.4. The van der Waals surface area contributed by atoms with Gasteiger partial charge in [0.1, 0.15) is 79.4 Å². The Morgan fingerprint density at radius 2 is 1.35 bits per heavy atom. The summed E-state index contributed by atoms with van der Waals surface area (Å²) in [5.41, 5.74) is 0.844. The Morgan fingerprint density at radius 3 is 2.06 bits per heavy atom. The average Bonchev–Trinajstić information content (AvgIpc) is 3.28. The highest BCUT2D eigenvalue weighted by molar-refractivity contribution is 5.87. The maximum absolute atomic E-state index is 13.7. The number of aliphatic hydroxyl groups excluding tert-OH is 10. The number of methoxy groups -OCH3 is 1. The Balaban J connectivity index is 1.33. The SMILES string of the molecule is COc1cc(/C=C\C(=O)O[C@@H]2[C@@H](O[C@H]3O[C@@H](C)[C@H](O)[C@@H](O)[C@H]3O[C@@H]3OC[C@H](O)[C@@H](O)[C@@H]3O)[C@H](O)[C@@H](OCCc3ccc(O)c(O)c3)O[C@H]2CO[C@@H]2O[C@@H](CO)[C@@H](O)[C@H](O)[C@H]2O)ccc1O. The van der Waals surface area contributed by atoms with Crippen LogP contribution in [-0.2, 0) is 53.8 Å². The van der Waals surface area contributed by atoms with Crippen molar-refractivity contribution in [2.24, 2.45) is 0 Å². The van der Waals surface area contributed by atoms with Gasteiger partial charge < -0.3 is 114 Å². The van der Waals surface area contributed by atoms with Crippen LogP contribution in [0.15, 0.2) is 42.5 Å². The maximum atomic E-state index is 13.7. The molecule has 13 N–H and O–H groups in total. The number of ether oxygens (including phenoxy) is 10. The van der Waals surface area contributed by atoms with E-state index in [0.29, 0.717) is 11.1 Å². The Hall–Kier alpha value is -3.87. The van der Waals surface area contributed by atoms with E-state index in [1.807, 2.05) is 0 Å². The second-order valence-electron chi connectivity index (χ2n) is 15.8. The monoisotopic (exact) mass is 932 g/mol. The highest BCUT2D eigenvalue weighted by Crippen LogP contribution is 2.35. The lowest BCUT2D eigenvalue weighted by atomic mass is 9.96. The quantitative estimate of drug-likeness (QED) is 0.0429. The van der Waals surface area contributed by atoms with Gasteiger partial charge in [0.15, 0.2) is 54.3 Å². The molecule has 2 aromatic carbocycles. The summed E-state index contributed by atoms with van der Waals surface area (Å²) < 4.78 is 57.7. The molecule has 19 atom stereocenters. The van der Waals surface area contributed by atoms with Gasteiger partial charge >= 0.3 is 5.97 Å². The minimum absolute atomic E-state index is 0.0662. The summed E-state index contributed by atoms with van der Waals surface area (Å²) >= 11 is 0. The van der Waals surface area contributed by atoms with Gasteiger partial charge in [0.05, 0.1) is 39.6 Å². The molecule has 4 aliphatic rings. The van der Waals surface area contributed by atoms with E-state index >= 15 is 0 Å².